The lowest BCUT2D eigenvalue weighted by atomic mass is 9.91. The van der Waals surface area contributed by atoms with Crippen LogP contribution in [0.3, 0.4) is 0 Å². The van der Waals surface area contributed by atoms with Gasteiger partial charge in [-0.05, 0) is 73.0 Å². The third-order valence-electron chi connectivity index (χ3n) is 5.51. The van der Waals surface area contributed by atoms with Crippen LogP contribution in [0.25, 0.3) is 16.6 Å². The summed E-state index contributed by atoms with van der Waals surface area (Å²) in [6, 6.07) is 15.0. The second kappa shape index (κ2) is 7.94. The van der Waals surface area contributed by atoms with E-state index in [9.17, 15) is 22.7 Å². The molecule has 4 aromatic rings. The number of nitrogens with one attached hydrogen (secondary N) is 1. The second-order valence-corrected chi connectivity index (χ2v) is 7.84. The summed E-state index contributed by atoms with van der Waals surface area (Å²) >= 11 is 0. The fourth-order valence-electron chi connectivity index (χ4n) is 3.59. The molecular weight excluding hydrogens is 422 g/mol. The standard InChI is InChI=1S/C24H21F4N3O/c1-15-3-4-16(2)21(11-15)29-14-23(32,24(26,27)28)18-5-10-22-17(12-18)13-30-31(22)20-8-6-19(25)7-9-20/h3-13,29,32H,14H2,1-2H3. The Morgan fingerprint density at radius 2 is 1.69 bits per heavy atom. The van der Waals surface area contributed by atoms with Crippen molar-refractivity contribution in [1.29, 1.82) is 0 Å². The highest BCUT2D eigenvalue weighted by atomic mass is 19.4. The molecule has 4 nitrogen and oxygen atoms in total. The summed E-state index contributed by atoms with van der Waals surface area (Å²) in [5, 5.41) is 18.2. The number of anilines is 1. The van der Waals surface area contributed by atoms with Gasteiger partial charge in [-0.2, -0.15) is 18.3 Å². The van der Waals surface area contributed by atoms with Gasteiger partial charge in [0.15, 0.2) is 0 Å². The lowest BCUT2D eigenvalue weighted by Gasteiger charge is -2.32. The molecule has 0 radical (unpaired) electrons. The largest absolute Gasteiger partial charge is 0.423 e. The van der Waals surface area contributed by atoms with Crippen molar-refractivity contribution < 1.29 is 22.7 Å². The van der Waals surface area contributed by atoms with Gasteiger partial charge in [0, 0.05) is 11.1 Å². The van der Waals surface area contributed by atoms with E-state index in [1.165, 1.54) is 53.3 Å². The van der Waals surface area contributed by atoms with Gasteiger partial charge in [-0.3, -0.25) is 0 Å². The van der Waals surface area contributed by atoms with E-state index in [2.05, 4.69) is 10.4 Å². The molecule has 0 aliphatic carbocycles. The molecule has 1 unspecified atom stereocenters. The summed E-state index contributed by atoms with van der Waals surface area (Å²) in [6.07, 6.45) is -3.50. The zero-order chi connectivity index (χ0) is 23.1. The molecule has 0 spiro atoms. The second-order valence-electron chi connectivity index (χ2n) is 7.84. The molecule has 3 aromatic carbocycles. The first-order chi connectivity index (χ1) is 15.1. The minimum absolute atomic E-state index is 0.297. The molecule has 8 heteroatoms. The molecule has 2 N–H and O–H groups in total. The molecule has 0 aliphatic heterocycles. The van der Waals surface area contributed by atoms with Crippen molar-refractivity contribution in [2.45, 2.75) is 25.6 Å². The van der Waals surface area contributed by atoms with Gasteiger partial charge >= 0.3 is 6.18 Å². The van der Waals surface area contributed by atoms with Crippen LogP contribution in [0.4, 0.5) is 23.2 Å². The average Bonchev–Trinajstić information content (AvgIpc) is 3.17. The minimum atomic E-state index is -4.92. The first-order valence-electron chi connectivity index (χ1n) is 9.93. The highest BCUT2D eigenvalue weighted by molar-refractivity contribution is 5.81. The lowest BCUT2D eigenvalue weighted by molar-refractivity contribution is -0.260. The van der Waals surface area contributed by atoms with Crippen molar-refractivity contribution in [3.8, 4) is 5.69 Å². The normalized spacial score (nSPS) is 13.8. The van der Waals surface area contributed by atoms with Gasteiger partial charge in [-0.1, -0.05) is 18.2 Å². The monoisotopic (exact) mass is 443 g/mol. The first kappa shape index (κ1) is 21.8. The maximum atomic E-state index is 14.0. The Morgan fingerprint density at radius 1 is 0.969 bits per heavy atom. The molecule has 0 fully saturated rings. The van der Waals surface area contributed by atoms with Crippen LogP contribution in [-0.4, -0.2) is 27.6 Å². The summed E-state index contributed by atoms with van der Waals surface area (Å²) in [7, 11) is 0. The Labute approximate surface area is 182 Å². The van der Waals surface area contributed by atoms with E-state index in [4.69, 9.17) is 0 Å². The predicted molar refractivity (Wildman–Crippen MR) is 115 cm³/mol. The summed E-state index contributed by atoms with van der Waals surface area (Å²) in [5.41, 5.74) is -0.120. The lowest BCUT2D eigenvalue weighted by Crippen LogP contribution is -2.47. The van der Waals surface area contributed by atoms with E-state index in [1.807, 2.05) is 13.0 Å². The van der Waals surface area contributed by atoms with Gasteiger partial charge in [0.2, 0.25) is 5.60 Å². The molecular formula is C24H21F4N3O. The van der Waals surface area contributed by atoms with Crippen molar-refractivity contribution in [3.63, 3.8) is 0 Å². The average molecular weight is 443 g/mol. The van der Waals surface area contributed by atoms with E-state index >= 15 is 0 Å². The number of fused-ring (bicyclic) bond motifs is 1. The Kier molecular flexibility index (Phi) is 5.42. The van der Waals surface area contributed by atoms with Crippen LogP contribution in [0.1, 0.15) is 16.7 Å². The van der Waals surface area contributed by atoms with Crippen LogP contribution in [0.15, 0.2) is 66.9 Å². The molecule has 0 saturated carbocycles. The predicted octanol–water partition coefficient (Wildman–Crippen LogP) is 5.64. The number of aliphatic hydroxyl groups is 1. The van der Waals surface area contributed by atoms with Crippen LogP contribution in [0, 0.1) is 19.7 Å². The molecule has 1 aromatic heterocycles. The fraction of sp³-hybridized carbons (Fsp3) is 0.208. The number of nitrogens with zero attached hydrogens (tertiary/aromatic N) is 2. The molecule has 1 heterocycles. The molecule has 0 amide bonds. The minimum Gasteiger partial charge on any atom is -0.381 e. The van der Waals surface area contributed by atoms with E-state index in [0.29, 0.717) is 22.3 Å². The van der Waals surface area contributed by atoms with Crippen molar-refractivity contribution >= 4 is 16.6 Å². The summed E-state index contributed by atoms with van der Waals surface area (Å²) in [6.45, 7) is 2.87. The van der Waals surface area contributed by atoms with Gasteiger partial charge in [0.05, 0.1) is 23.9 Å². The number of halogens is 4. The number of aromatic nitrogens is 2. The van der Waals surface area contributed by atoms with E-state index in [-0.39, 0.29) is 5.56 Å². The van der Waals surface area contributed by atoms with Crippen LogP contribution < -0.4 is 5.32 Å². The number of hydrogen-bond acceptors (Lipinski definition) is 3. The van der Waals surface area contributed by atoms with Crippen molar-refractivity contribution in [2.75, 3.05) is 11.9 Å². The third-order valence-corrected chi connectivity index (χ3v) is 5.51. The number of alkyl halides is 3. The Balaban J connectivity index is 1.71. The first-order valence-corrected chi connectivity index (χ1v) is 9.93. The van der Waals surface area contributed by atoms with Crippen LogP contribution in [0.2, 0.25) is 0 Å². The fourth-order valence-corrected chi connectivity index (χ4v) is 3.59. The maximum Gasteiger partial charge on any atom is 0.423 e. The molecule has 166 valence electrons. The number of hydrogen-bond donors (Lipinski definition) is 2. The smallest absolute Gasteiger partial charge is 0.381 e. The highest BCUT2D eigenvalue weighted by Gasteiger charge is 2.55. The van der Waals surface area contributed by atoms with Crippen LogP contribution in [-0.2, 0) is 5.60 Å². The molecule has 4 rings (SSSR count). The Morgan fingerprint density at radius 3 is 2.38 bits per heavy atom. The summed E-state index contributed by atoms with van der Waals surface area (Å²) in [5.74, 6) is -0.404. The Hall–Kier alpha value is -3.39. The van der Waals surface area contributed by atoms with E-state index < -0.39 is 24.1 Å². The zero-order valence-corrected chi connectivity index (χ0v) is 17.4. The van der Waals surface area contributed by atoms with Gasteiger partial charge in [0.1, 0.15) is 5.82 Å². The van der Waals surface area contributed by atoms with E-state index in [0.717, 1.165) is 11.1 Å². The van der Waals surface area contributed by atoms with Gasteiger partial charge < -0.3 is 10.4 Å². The number of benzene rings is 3. The van der Waals surface area contributed by atoms with Gasteiger partial charge in [0.25, 0.3) is 0 Å². The number of aryl methyl sites for hydroxylation is 2. The van der Waals surface area contributed by atoms with E-state index in [1.54, 1.807) is 19.1 Å². The van der Waals surface area contributed by atoms with Crippen molar-refractivity contribution in [1.82, 2.24) is 9.78 Å². The van der Waals surface area contributed by atoms with Gasteiger partial charge in [-0.15, -0.1) is 0 Å². The quantitative estimate of drug-likeness (QED) is 0.392. The molecule has 1 atom stereocenters. The van der Waals surface area contributed by atoms with Crippen molar-refractivity contribution in [2.24, 2.45) is 0 Å². The molecule has 0 bridgehead atoms. The topological polar surface area (TPSA) is 50.1 Å². The van der Waals surface area contributed by atoms with Crippen LogP contribution >= 0.6 is 0 Å². The Bertz CT molecular complexity index is 1260. The number of rotatable bonds is 5. The SMILES string of the molecule is Cc1ccc(C)c(NCC(O)(c2ccc3c(cnn3-c3ccc(F)cc3)c2)C(F)(F)F)c1. The molecule has 32 heavy (non-hydrogen) atoms. The van der Waals surface area contributed by atoms with Crippen LogP contribution in [0.5, 0.6) is 0 Å². The van der Waals surface area contributed by atoms with Gasteiger partial charge in [-0.25, -0.2) is 9.07 Å². The van der Waals surface area contributed by atoms with Crippen molar-refractivity contribution in [3.05, 3.63) is 89.4 Å². The zero-order valence-electron chi connectivity index (χ0n) is 17.4. The molecule has 0 aliphatic rings. The molecule has 0 saturated heterocycles. The highest BCUT2D eigenvalue weighted by Crippen LogP contribution is 2.40. The summed E-state index contributed by atoms with van der Waals surface area (Å²) < 4.78 is 56.8. The third kappa shape index (κ3) is 3.93. The maximum absolute atomic E-state index is 14.0. The summed E-state index contributed by atoms with van der Waals surface area (Å²) in [4.78, 5) is 0.